The van der Waals surface area contributed by atoms with Crippen molar-refractivity contribution in [1.29, 1.82) is 0 Å². The number of aromatic nitrogens is 1. The van der Waals surface area contributed by atoms with Crippen LogP contribution >= 0.6 is 0 Å². The Balaban J connectivity index is 1.86. The fourth-order valence-corrected chi connectivity index (χ4v) is 2.97. The first kappa shape index (κ1) is 9.84. The van der Waals surface area contributed by atoms with Crippen LogP contribution in [-0.2, 0) is 0 Å². The summed E-state index contributed by atoms with van der Waals surface area (Å²) in [5, 5.41) is 6.92. The molecular formula is C11H15N3O2. The van der Waals surface area contributed by atoms with Gasteiger partial charge in [-0.2, -0.15) is 0 Å². The van der Waals surface area contributed by atoms with Crippen LogP contribution in [0.3, 0.4) is 0 Å². The van der Waals surface area contributed by atoms with Gasteiger partial charge in [0.2, 0.25) is 5.76 Å². The molecule has 0 radical (unpaired) electrons. The molecule has 1 N–H and O–H groups in total. The quantitative estimate of drug-likeness (QED) is 0.750. The Hall–Kier alpha value is -1.36. The van der Waals surface area contributed by atoms with E-state index in [-0.39, 0.29) is 5.91 Å². The number of nitrogens with zero attached hydrogens (tertiary/aromatic N) is 2. The van der Waals surface area contributed by atoms with Crippen molar-refractivity contribution in [3.05, 3.63) is 18.0 Å². The highest BCUT2D eigenvalue weighted by Gasteiger charge is 2.44. The lowest BCUT2D eigenvalue weighted by Gasteiger charge is -2.26. The highest BCUT2D eigenvalue weighted by atomic mass is 16.5. The second-order valence-electron chi connectivity index (χ2n) is 4.66. The van der Waals surface area contributed by atoms with Crippen molar-refractivity contribution in [2.45, 2.75) is 25.4 Å². The van der Waals surface area contributed by atoms with Crippen molar-refractivity contribution < 1.29 is 9.32 Å². The van der Waals surface area contributed by atoms with Gasteiger partial charge in [0.25, 0.3) is 5.91 Å². The molecule has 3 unspecified atom stereocenters. The van der Waals surface area contributed by atoms with Gasteiger partial charge in [-0.3, -0.25) is 4.79 Å². The topological polar surface area (TPSA) is 58.4 Å². The van der Waals surface area contributed by atoms with Crippen LogP contribution in [0.25, 0.3) is 0 Å². The molecule has 0 saturated carbocycles. The standard InChI is InChI=1S/C11H15N3O2/c1-7-4-8-5-12-6-9(8)14(7)11(15)10-2-3-13-16-10/h2-3,7-9,12H,4-6H2,1H3. The highest BCUT2D eigenvalue weighted by molar-refractivity contribution is 5.92. The minimum absolute atomic E-state index is 0.0267. The predicted octanol–water partition coefficient (Wildman–Crippen LogP) is 0.497. The number of likely N-dealkylation sites (tertiary alicyclic amines) is 1. The summed E-state index contributed by atoms with van der Waals surface area (Å²) >= 11 is 0. The predicted molar refractivity (Wildman–Crippen MR) is 56.9 cm³/mol. The summed E-state index contributed by atoms with van der Waals surface area (Å²) in [6.07, 6.45) is 2.59. The summed E-state index contributed by atoms with van der Waals surface area (Å²) in [6, 6.07) is 2.26. The van der Waals surface area contributed by atoms with E-state index in [9.17, 15) is 4.79 Å². The lowest BCUT2D eigenvalue weighted by atomic mass is 10.0. The Morgan fingerprint density at radius 2 is 2.50 bits per heavy atom. The maximum atomic E-state index is 12.2. The van der Waals surface area contributed by atoms with Crippen LogP contribution in [0.2, 0.25) is 0 Å². The van der Waals surface area contributed by atoms with Gasteiger partial charge >= 0.3 is 0 Å². The molecule has 2 saturated heterocycles. The third-order valence-electron chi connectivity index (χ3n) is 3.66. The molecule has 1 aromatic rings. The number of amides is 1. The fraction of sp³-hybridized carbons (Fsp3) is 0.636. The van der Waals surface area contributed by atoms with E-state index >= 15 is 0 Å². The van der Waals surface area contributed by atoms with Gasteiger partial charge in [0.15, 0.2) is 0 Å². The number of carbonyl (C=O) groups is 1. The lowest BCUT2D eigenvalue weighted by molar-refractivity contribution is 0.0639. The number of fused-ring (bicyclic) bond motifs is 1. The zero-order valence-electron chi connectivity index (χ0n) is 9.22. The first-order chi connectivity index (χ1) is 7.77. The molecule has 3 heterocycles. The Bertz CT molecular complexity index is 390. The molecule has 86 valence electrons. The minimum Gasteiger partial charge on any atom is -0.351 e. The first-order valence-electron chi connectivity index (χ1n) is 5.71. The Morgan fingerprint density at radius 1 is 1.62 bits per heavy atom. The molecule has 2 aliphatic heterocycles. The summed E-state index contributed by atoms with van der Waals surface area (Å²) < 4.78 is 4.94. The molecule has 0 bridgehead atoms. The third kappa shape index (κ3) is 1.35. The zero-order valence-corrected chi connectivity index (χ0v) is 9.22. The molecule has 16 heavy (non-hydrogen) atoms. The minimum atomic E-state index is -0.0267. The van der Waals surface area contributed by atoms with E-state index in [4.69, 9.17) is 4.52 Å². The molecule has 0 spiro atoms. The number of hydrogen-bond donors (Lipinski definition) is 1. The third-order valence-corrected chi connectivity index (χ3v) is 3.66. The van der Waals surface area contributed by atoms with Crippen LogP contribution in [0.4, 0.5) is 0 Å². The summed E-state index contributed by atoms with van der Waals surface area (Å²) in [4.78, 5) is 14.2. The van der Waals surface area contributed by atoms with E-state index in [0.29, 0.717) is 23.8 Å². The molecule has 5 nitrogen and oxygen atoms in total. The van der Waals surface area contributed by atoms with Gasteiger partial charge in [-0.05, 0) is 19.3 Å². The van der Waals surface area contributed by atoms with E-state index in [1.165, 1.54) is 6.20 Å². The van der Waals surface area contributed by atoms with Gasteiger partial charge in [-0.25, -0.2) is 0 Å². The monoisotopic (exact) mass is 221 g/mol. The van der Waals surface area contributed by atoms with Crippen molar-refractivity contribution in [2.24, 2.45) is 5.92 Å². The zero-order chi connectivity index (χ0) is 11.1. The number of nitrogens with one attached hydrogen (secondary N) is 1. The highest BCUT2D eigenvalue weighted by Crippen LogP contribution is 2.33. The van der Waals surface area contributed by atoms with Crippen LogP contribution in [0, 0.1) is 5.92 Å². The van der Waals surface area contributed by atoms with E-state index in [1.54, 1.807) is 6.07 Å². The maximum absolute atomic E-state index is 12.2. The fourth-order valence-electron chi connectivity index (χ4n) is 2.97. The summed E-state index contributed by atoms with van der Waals surface area (Å²) in [5.41, 5.74) is 0. The van der Waals surface area contributed by atoms with E-state index in [0.717, 1.165) is 19.5 Å². The molecule has 3 atom stereocenters. The average molecular weight is 221 g/mol. The number of hydrogen-bond acceptors (Lipinski definition) is 4. The second kappa shape index (κ2) is 3.59. The molecule has 0 aliphatic carbocycles. The van der Waals surface area contributed by atoms with E-state index < -0.39 is 0 Å². The second-order valence-corrected chi connectivity index (χ2v) is 4.66. The maximum Gasteiger partial charge on any atom is 0.293 e. The Kier molecular flexibility index (Phi) is 2.21. The van der Waals surface area contributed by atoms with Gasteiger partial charge in [0, 0.05) is 31.2 Å². The summed E-state index contributed by atoms with van der Waals surface area (Å²) in [7, 11) is 0. The molecular weight excluding hydrogens is 206 g/mol. The Labute approximate surface area is 93.8 Å². The molecule has 5 heteroatoms. The average Bonchev–Trinajstić information content (AvgIpc) is 2.89. The van der Waals surface area contributed by atoms with Crippen molar-refractivity contribution in [3.8, 4) is 0 Å². The van der Waals surface area contributed by atoms with Crippen molar-refractivity contribution >= 4 is 5.91 Å². The molecule has 1 amide bonds. The van der Waals surface area contributed by atoms with Crippen LogP contribution < -0.4 is 5.32 Å². The van der Waals surface area contributed by atoms with Crippen LogP contribution in [-0.4, -0.2) is 41.1 Å². The van der Waals surface area contributed by atoms with Crippen LogP contribution in [0.15, 0.2) is 16.8 Å². The van der Waals surface area contributed by atoms with Gasteiger partial charge in [-0.1, -0.05) is 5.16 Å². The van der Waals surface area contributed by atoms with Gasteiger partial charge in [0.1, 0.15) is 0 Å². The molecule has 3 rings (SSSR count). The largest absolute Gasteiger partial charge is 0.351 e. The smallest absolute Gasteiger partial charge is 0.293 e. The summed E-state index contributed by atoms with van der Waals surface area (Å²) in [6.45, 7) is 4.02. The van der Waals surface area contributed by atoms with Gasteiger partial charge < -0.3 is 14.7 Å². The Morgan fingerprint density at radius 3 is 3.25 bits per heavy atom. The molecule has 0 aromatic carbocycles. The summed E-state index contributed by atoms with van der Waals surface area (Å²) in [5.74, 6) is 0.919. The normalized spacial score (nSPS) is 33.1. The van der Waals surface area contributed by atoms with Crippen molar-refractivity contribution in [3.63, 3.8) is 0 Å². The van der Waals surface area contributed by atoms with Crippen LogP contribution in [0.1, 0.15) is 23.9 Å². The molecule has 2 aliphatic rings. The van der Waals surface area contributed by atoms with Gasteiger partial charge in [-0.15, -0.1) is 0 Å². The van der Waals surface area contributed by atoms with Crippen molar-refractivity contribution in [2.75, 3.05) is 13.1 Å². The van der Waals surface area contributed by atoms with Gasteiger partial charge in [0.05, 0.1) is 6.20 Å². The van der Waals surface area contributed by atoms with E-state index in [1.807, 2.05) is 4.90 Å². The number of rotatable bonds is 1. The lowest BCUT2D eigenvalue weighted by Crippen LogP contribution is -2.42. The molecule has 2 fully saturated rings. The SMILES string of the molecule is CC1CC2CNCC2N1C(=O)c1ccno1. The molecule has 1 aromatic heterocycles. The van der Waals surface area contributed by atoms with Crippen LogP contribution in [0.5, 0.6) is 0 Å². The van der Waals surface area contributed by atoms with Crippen molar-refractivity contribution in [1.82, 2.24) is 15.4 Å². The van der Waals surface area contributed by atoms with E-state index in [2.05, 4.69) is 17.4 Å². The number of carbonyl (C=O) groups excluding carboxylic acids is 1. The first-order valence-corrected chi connectivity index (χ1v) is 5.71.